The van der Waals surface area contributed by atoms with Crippen LogP contribution in [0, 0.1) is 5.92 Å². The number of rotatable bonds is 8. The van der Waals surface area contributed by atoms with E-state index in [4.69, 9.17) is 0 Å². The smallest absolute Gasteiger partial charge is 0.306 e. The second kappa shape index (κ2) is 9.74. The van der Waals surface area contributed by atoms with Crippen molar-refractivity contribution in [3.8, 4) is 16.9 Å². The number of carboxylic acid groups (broad SMARTS) is 1. The van der Waals surface area contributed by atoms with Gasteiger partial charge in [-0.05, 0) is 53.8 Å². The van der Waals surface area contributed by atoms with Crippen molar-refractivity contribution in [3.63, 3.8) is 0 Å². The van der Waals surface area contributed by atoms with E-state index in [0.29, 0.717) is 18.4 Å². The first-order chi connectivity index (χ1) is 14.4. The van der Waals surface area contributed by atoms with Gasteiger partial charge in [0.1, 0.15) is 5.75 Å². The molecular weight excluding hydrogens is 378 g/mol. The van der Waals surface area contributed by atoms with Gasteiger partial charge in [-0.2, -0.15) is 0 Å². The molecule has 30 heavy (non-hydrogen) atoms. The summed E-state index contributed by atoms with van der Waals surface area (Å²) in [4.78, 5) is 23.9. The molecule has 3 N–H and O–H groups in total. The number of amides is 1. The molecule has 5 heteroatoms. The second-order valence-electron chi connectivity index (χ2n) is 7.46. The number of carboxylic acids is 1. The number of benzene rings is 3. The summed E-state index contributed by atoms with van der Waals surface area (Å²) in [5.41, 5.74) is 3.66. The number of phenols is 1. The van der Waals surface area contributed by atoms with Crippen LogP contribution in [-0.2, 0) is 11.2 Å². The molecule has 3 aromatic carbocycles. The van der Waals surface area contributed by atoms with Gasteiger partial charge >= 0.3 is 5.97 Å². The maximum atomic E-state index is 12.6. The summed E-state index contributed by atoms with van der Waals surface area (Å²) < 4.78 is 0. The lowest BCUT2D eigenvalue weighted by Crippen LogP contribution is -2.38. The highest BCUT2D eigenvalue weighted by atomic mass is 16.4. The Labute approximate surface area is 176 Å². The van der Waals surface area contributed by atoms with Gasteiger partial charge in [0, 0.05) is 11.6 Å². The van der Waals surface area contributed by atoms with Crippen LogP contribution in [0.4, 0.5) is 0 Å². The predicted molar refractivity (Wildman–Crippen MR) is 116 cm³/mol. The molecule has 1 amide bonds. The van der Waals surface area contributed by atoms with Crippen molar-refractivity contribution >= 4 is 11.9 Å². The minimum atomic E-state index is -0.890. The topological polar surface area (TPSA) is 86.6 Å². The SMILES string of the molecule is C[C@H](CC(Cc1ccc(-c2ccccc2)cc1)NC(=O)c1ccc(O)cc1)C(=O)O. The van der Waals surface area contributed by atoms with Gasteiger partial charge in [-0.3, -0.25) is 9.59 Å². The van der Waals surface area contributed by atoms with E-state index in [2.05, 4.69) is 5.32 Å². The van der Waals surface area contributed by atoms with Gasteiger partial charge in [-0.25, -0.2) is 0 Å². The number of aromatic hydroxyl groups is 1. The fraction of sp³-hybridized carbons (Fsp3) is 0.200. The van der Waals surface area contributed by atoms with Crippen molar-refractivity contribution in [1.82, 2.24) is 5.32 Å². The van der Waals surface area contributed by atoms with E-state index in [9.17, 15) is 19.8 Å². The third-order valence-electron chi connectivity index (χ3n) is 5.07. The zero-order valence-corrected chi connectivity index (χ0v) is 16.8. The molecular formula is C25H25NO4. The molecule has 0 spiro atoms. The normalized spacial score (nSPS) is 12.7. The number of hydrogen-bond acceptors (Lipinski definition) is 3. The quantitative estimate of drug-likeness (QED) is 0.516. The summed E-state index contributed by atoms with van der Waals surface area (Å²) in [6.07, 6.45) is 0.843. The first-order valence-corrected chi connectivity index (χ1v) is 9.89. The first-order valence-electron chi connectivity index (χ1n) is 9.89. The summed E-state index contributed by atoms with van der Waals surface area (Å²) in [6.45, 7) is 1.64. The minimum Gasteiger partial charge on any atom is -0.508 e. The van der Waals surface area contributed by atoms with E-state index in [1.54, 1.807) is 6.92 Å². The number of carbonyl (C=O) groups excluding carboxylic acids is 1. The fourth-order valence-corrected chi connectivity index (χ4v) is 3.35. The average Bonchev–Trinajstić information content (AvgIpc) is 2.75. The van der Waals surface area contributed by atoms with Crippen LogP contribution in [0.3, 0.4) is 0 Å². The minimum absolute atomic E-state index is 0.0844. The molecule has 0 bridgehead atoms. The van der Waals surface area contributed by atoms with Gasteiger partial charge in [-0.1, -0.05) is 61.5 Å². The van der Waals surface area contributed by atoms with E-state index in [-0.39, 0.29) is 17.7 Å². The van der Waals surface area contributed by atoms with E-state index in [1.165, 1.54) is 24.3 Å². The Kier molecular flexibility index (Phi) is 6.86. The molecule has 5 nitrogen and oxygen atoms in total. The summed E-state index contributed by atoms with van der Waals surface area (Å²) in [6, 6.07) is 23.8. The number of aliphatic carboxylic acids is 1. The van der Waals surface area contributed by atoms with Crippen molar-refractivity contribution in [2.24, 2.45) is 5.92 Å². The van der Waals surface area contributed by atoms with Gasteiger partial charge in [0.15, 0.2) is 0 Å². The number of phenolic OH excluding ortho intramolecular Hbond substituents is 1. The van der Waals surface area contributed by atoms with Crippen LogP contribution in [-0.4, -0.2) is 28.1 Å². The monoisotopic (exact) mass is 403 g/mol. The predicted octanol–water partition coefficient (Wildman–Crippen LogP) is 4.51. The molecule has 0 radical (unpaired) electrons. The fourth-order valence-electron chi connectivity index (χ4n) is 3.35. The lowest BCUT2D eigenvalue weighted by Gasteiger charge is -2.21. The molecule has 3 aromatic rings. The number of carbonyl (C=O) groups is 2. The molecule has 0 heterocycles. The van der Waals surface area contributed by atoms with Crippen LogP contribution in [0.15, 0.2) is 78.9 Å². The lowest BCUT2D eigenvalue weighted by atomic mass is 9.94. The first kappa shape index (κ1) is 21.1. The summed E-state index contributed by atoms with van der Waals surface area (Å²) in [5.74, 6) is -1.68. The van der Waals surface area contributed by atoms with Crippen LogP contribution in [0.25, 0.3) is 11.1 Å². The molecule has 0 aliphatic carbocycles. The van der Waals surface area contributed by atoms with Crippen molar-refractivity contribution in [2.75, 3.05) is 0 Å². The van der Waals surface area contributed by atoms with Crippen LogP contribution in [0.1, 0.15) is 29.3 Å². The maximum absolute atomic E-state index is 12.6. The lowest BCUT2D eigenvalue weighted by molar-refractivity contribution is -0.141. The highest BCUT2D eigenvalue weighted by molar-refractivity contribution is 5.94. The molecule has 0 aliphatic rings. The van der Waals surface area contributed by atoms with Gasteiger partial charge in [-0.15, -0.1) is 0 Å². The Morgan fingerprint density at radius 1 is 0.867 bits per heavy atom. The van der Waals surface area contributed by atoms with E-state index in [0.717, 1.165) is 16.7 Å². The van der Waals surface area contributed by atoms with E-state index < -0.39 is 11.9 Å². The van der Waals surface area contributed by atoms with Crippen LogP contribution in [0.5, 0.6) is 5.75 Å². The van der Waals surface area contributed by atoms with Gasteiger partial charge in [0.05, 0.1) is 5.92 Å². The van der Waals surface area contributed by atoms with Crippen molar-refractivity contribution in [2.45, 2.75) is 25.8 Å². The third kappa shape index (κ3) is 5.70. The van der Waals surface area contributed by atoms with Crippen molar-refractivity contribution in [3.05, 3.63) is 90.0 Å². The molecule has 2 atom stereocenters. The van der Waals surface area contributed by atoms with Crippen molar-refractivity contribution < 1.29 is 19.8 Å². The third-order valence-corrected chi connectivity index (χ3v) is 5.07. The Hall–Kier alpha value is -3.60. The Balaban J connectivity index is 1.74. The van der Waals surface area contributed by atoms with Gasteiger partial charge < -0.3 is 15.5 Å². The van der Waals surface area contributed by atoms with Gasteiger partial charge in [0.2, 0.25) is 0 Å². The Morgan fingerprint density at radius 3 is 2.07 bits per heavy atom. The highest BCUT2D eigenvalue weighted by Crippen LogP contribution is 2.21. The zero-order valence-electron chi connectivity index (χ0n) is 16.8. The summed E-state index contributed by atoms with van der Waals surface area (Å²) in [7, 11) is 0. The maximum Gasteiger partial charge on any atom is 0.306 e. The summed E-state index contributed by atoms with van der Waals surface area (Å²) in [5, 5.41) is 21.7. The number of nitrogens with one attached hydrogen (secondary N) is 1. The standard InChI is InChI=1S/C25H25NO4/c1-17(25(29)30)15-22(26-24(28)21-11-13-23(27)14-12-21)16-18-7-9-20(10-8-18)19-5-3-2-4-6-19/h2-14,17,22,27H,15-16H2,1H3,(H,26,28)(H,29,30)/t17-,22?/m1/s1. The van der Waals surface area contributed by atoms with Crippen LogP contribution < -0.4 is 5.32 Å². The summed E-state index contributed by atoms with van der Waals surface area (Å²) >= 11 is 0. The highest BCUT2D eigenvalue weighted by Gasteiger charge is 2.21. The van der Waals surface area contributed by atoms with Crippen LogP contribution >= 0.6 is 0 Å². The molecule has 3 rings (SSSR count). The molecule has 0 fully saturated rings. The average molecular weight is 403 g/mol. The molecule has 0 saturated carbocycles. The van der Waals surface area contributed by atoms with E-state index in [1.807, 2.05) is 54.6 Å². The Morgan fingerprint density at radius 2 is 1.47 bits per heavy atom. The molecule has 154 valence electrons. The number of hydrogen-bond donors (Lipinski definition) is 3. The van der Waals surface area contributed by atoms with Gasteiger partial charge in [0.25, 0.3) is 5.91 Å². The zero-order chi connectivity index (χ0) is 21.5. The second-order valence-corrected chi connectivity index (χ2v) is 7.46. The molecule has 0 saturated heterocycles. The van der Waals surface area contributed by atoms with E-state index >= 15 is 0 Å². The largest absolute Gasteiger partial charge is 0.508 e. The van der Waals surface area contributed by atoms with Crippen molar-refractivity contribution in [1.29, 1.82) is 0 Å². The molecule has 1 unspecified atom stereocenters. The molecule has 0 aliphatic heterocycles. The Bertz CT molecular complexity index is 982. The molecule has 0 aromatic heterocycles. The van der Waals surface area contributed by atoms with Crippen LogP contribution in [0.2, 0.25) is 0 Å².